The normalized spacial score (nSPS) is 15.8. The number of piperazine rings is 1. The number of rotatable bonds is 3. The predicted molar refractivity (Wildman–Crippen MR) is 103 cm³/mol. The Hall–Kier alpha value is -2.32. The van der Waals surface area contributed by atoms with Gasteiger partial charge in [0.1, 0.15) is 0 Å². The first kappa shape index (κ1) is 15.2. The molecule has 0 amide bonds. The number of anilines is 1. The van der Waals surface area contributed by atoms with Crippen LogP contribution in [0.1, 0.15) is 11.1 Å². The van der Waals surface area contributed by atoms with Crippen molar-refractivity contribution in [3.63, 3.8) is 0 Å². The quantitative estimate of drug-likeness (QED) is 0.703. The first-order valence-corrected chi connectivity index (χ1v) is 8.80. The van der Waals surface area contributed by atoms with Crippen molar-refractivity contribution in [1.82, 2.24) is 4.90 Å². The van der Waals surface area contributed by atoms with Gasteiger partial charge in [0.25, 0.3) is 0 Å². The molecule has 1 heterocycles. The molecule has 24 heavy (non-hydrogen) atoms. The van der Waals surface area contributed by atoms with Crippen molar-refractivity contribution in [2.24, 2.45) is 0 Å². The molecule has 3 aromatic rings. The van der Waals surface area contributed by atoms with Crippen LogP contribution in [0.2, 0.25) is 0 Å². The Bertz CT molecular complexity index is 832. The maximum Gasteiger partial charge on any atom is 0.0396 e. The number of benzene rings is 3. The molecule has 0 unspecified atom stereocenters. The molecule has 0 aliphatic carbocycles. The molecule has 122 valence electrons. The summed E-state index contributed by atoms with van der Waals surface area (Å²) in [6.45, 7) is 7.72. The number of hydrogen-bond acceptors (Lipinski definition) is 2. The van der Waals surface area contributed by atoms with E-state index in [1.54, 1.807) is 0 Å². The second kappa shape index (κ2) is 6.66. The standard InChI is InChI=1S/C22H24N2/c1-18-6-2-5-9-22(18)24-14-12-23(13-15-24)17-19-10-11-20-7-3-4-8-21(20)16-19/h2-11,16H,12-15,17H2,1H3. The molecule has 0 N–H and O–H groups in total. The van der Waals surface area contributed by atoms with E-state index in [2.05, 4.69) is 83.5 Å². The van der Waals surface area contributed by atoms with Crippen molar-refractivity contribution in [3.8, 4) is 0 Å². The van der Waals surface area contributed by atoms with Gasteiger partial charge in [0.05, 0.1) is 0 Å². The van der Waals surface area contributed by atoms with Crippen LogP contribution in [-0.2, 0) is 6.54 Å². The molecule has 0 saturated carbocycles. The lowest BCUT2D eigenvalue weighted by Gasteiger charge is -2.36. The third-order valence-electron chi connectivity index (χ3n) is 5.05. The number of hydrogen-bond donors (Lipinski definition) is 0. The monoisotopic (exact) mass is 316 g/mol. The van der Waals surface area contributed by atoms with E-state index in [-0.39, 0.29) is 0 Å². The third kappa shape index (κ3) is 3.15. The highest BCUT2D eigenvalue weighted by atomic mass is 15.3. The molecule has 0 spiro atoms. The van der Waals surface area contributed by atoms with E-state index in [4.69, 9.17) is 0 Å². The van der Waals surface area contributed by atoms with E-state index >= 15 is 0 Å². The highest BCUT2D eigenvalue weighted by Gasteiger charge is 2.18. The van der Waals surface area contributed by atoms with Gasteiger partial charge in [-0.05, 0) is 41.0 Å². The number of para-hydroxylation sites is 1. The molecule has 0 atom stereocenters. The largest absolute Gasteiger partial charge is 0.369 e. The van der Waals surface area contributed by atoms with E-state index in [0.717, 1.165) is 32.7 Å². The van der Waals surface area contributed by atoms with Crippen LogP contribution in [0.5, 0.6) is 0 Å². The molecule has 2 nitrogen and oxygen atoms in total. The molecular formula is C22H24N2. The minimum absolute atomic E-state index is 1.05. The van der Waals surface area contributed by atoms with E-state index in [0.29, 0.717) is 0 Å². The maximum atomic E-state index is 2.57. The van der Waals surface area contributed by atoms with Gasteiger partial charge in [0.2, 0.25) is 0 Å². The van der Waals surface area contributed by atoms with Crippen molar-refractivity contribution < 1.29 is 0 Å². The Morgan fingerprint density at radius 1 is 0.750 bits per heavy atom. The lowest BCUT2D eigenvalue weighted by atomic mass is 10.1. The average molecular weight is 316 g/mol. The fraction of sp³-hybridized carbons (Fsp3) is 0.273. The molecule has 1 fully saturated rings. The van der Waals surface area contributed by atoms with Crippen LogP contribution >= 0.6 is 0 Å². The number of nitrogens with zero attached hydrogens (tertiary/aromatic N) is 2. The fourth-order valence-corrected chi connectivity index (χ4v) is 3.66. The molecule has 1 aliphatic rings. The van der Waals surface area contributed by atoms with Crippen LogP contribution in [-0.4, -0.2) is 31.1 Å². The van der Waals surface area contributed by atoms with Crippen molar-refractivity contribution in [2.75, 3.05) is 31.1 Å². The summed E-state index contributed by atoms with van der Waals surface area (Å²) in [7, 11) is 0. The van der Waals surface area contributed by atoms with E-state index in [1.165, 1.54) is 27.6 Å². The van der Waals surface area contributed by atoms with Crippen LogP contribution < -0.4 is 4.90 Å². The first-order chi connectivity index (χ1) is 11.8. The van der Waals surface area contributed by atoms with Crippen molar-refractivity contribution in [1.29, 1.82) is 0 Å². The smallest absolute Gasteiger partial charge is 0.0396 e. The number of aryl methyl sites for hydroxylation is 1. The van der Waals surface area contributed by atoms with Gasteiger partial charge >= 0.3 is 0 Å². The summed E-state index contributed by atoms with van der Waals surface area (Å²) in [5, 5.41) is 2.67. The van der Waals surface area contributed by atoms with Gasteiger partial charge in [-0.15, -0.1) is 0 Å². The third-order valence-corrected chi connectivity index (χ3v) is 5.05. The Balaban J connectivity index is 1.41. The molecular weight excluding hydrogens is 292 g/mol. The number of fused-ring (bicyclic) bond motifs is 1. The lowest BCUT2D eigenvalue weighted by molar-refractivity contribution is 0.250. The average Bonchev–Trinajstić information content (AvgIpc) is 2.63. The molecule has 1 saturated heterocycles. The van der Waals surface area contributed by atoms with E-state index < -0.39 is 0 Å². The van der Waals surface area contributed by atoms with Gasteiger partial charge < -0.3 is 4.90 Å². The zero-order chi connectivity index (χ0) is 16.4. The van der Waals surface area contributed by atoms with Gasteiger partial charge in [-0.2, -0.15) is 0 Å². The molecule has 1 aliphatic heterocycles. The minimum atomic E-state index is 1.05. The highest BCUT2D eigenvalue weighted by Crippen LogP contribution is 2.22. The summed E-state index contributed by atoms with van der Waals surface area (Å²) in [6.07, 6.45) is 0. The molecule has 4 rings (SSSR count). The van der Waals surface area contributed by atoms with Crippen LogP contribution in [0.4, 0.5) is 5.69 Å². The van der Waals surface area contributed by atoms with Crippen LogP contribution in [0.25, 0.3) is 10.8 Å². The summed E-state index contributed by atoms with van der Waals surface area (Å²) in [5.41, 5.74) is 4.18. The van der Waals surface area contributed by atoms with Crippen LogP contribution in [0, 0.1) is 6.92 Å². The molecule has 2 heteroatoms. The predicted octanol–water partition coefficient (Wildman–Crippen LogP) is 4.47. The van der Waals surface area contributed by atoms with Crippen molar-refractivity contribution in [3.05, 3.63) is 77.9 Å². The zero-order valence-electron chi connectivity index (χ0n) is 14.3. The summed E-state index contributed by atoms with van der Waals surface area (Å²) in [4.78, 5) is 5.09. The Labute approximate surface area is 144 Å². The van der Waals surface area contributed by atoms with Crippen LogP contribution in [0.3, 0.4) is 0 Å². The second-order valence-corrected chi connectivity index (χ2v) is 6.73. The van der Waals surface area contributed by atoms with Crippen molar-refractivity contribution in [2.45, 2.75) is 13.5 Å². The molecule has 0 radical (unpaired) electrons. The highest BCUT2D eigenvalue weighted by molar-refractivity contribution is 5.82. The minimum Gasteiger partial charge on any atom is -0.369 e. The summed E-state index contributed by atoms with van der Waals surface area (Å²) < 4.78 is 0. The molecule has 0 aromatic heterocycles. The molecule has 0 bridgehead atoms. The second-order valence-electron chi connectivity index (χ2n) is 6.73. The van der Waals surface area contributed by atoms with E-state index in [1.807, 2.05) is 0 Å². The topological polar surface area (TPSA) is 6.48 Å². The SMILES string of the molecule is Cc1ccccc1N1CCN(Cc2ccc3ccccc3c2)CC1. The van der Waals surface area contributed by atoms with E-state index in [9.17, 15) is 0 Å². The summed E-state index contributed by atoms with van der Waals surface area (Å²) in [6, 6.07) is 24.2. The fourth-order valence-electron chi connectivity index (χ4n) is 3.66. The van der Waals surface area contributed by atoms with Gasteiger partial charge in [0.15, 0.2) is 0 Å². The van der Waals surface area contributed by atoms with Gasteiger partial charge in [-0.3, -0.25) is 4.90 Å². The Morgan fingerprint density at radius 3 is 2.25 bits per heavy atom. The van der Waals surface area contributed by atoms with Crippen LogP contribution in [0.15, 0.2) is 66.7 Å². The Morgan fingerprint density at radius 2 is 1.46 bits per heavy atom. The van der Waals surface area contributed by atoms with Gasteiger partial charge in [0, 0.05) is 38.4 Å². The first-order valence-electron chi connectivity index (χ1n) is 8.80. The maximum absolute atomic E-state index is 2.57. The Kier molecular flexibility index (Phi) is 4.22. The summed E-state index contributed by atoms with van der Waals surface area (Å²) in [5.74, 6) is 0. The van der Waals surface area contributed by atoms with Gasteiger partial charge in [-0.1, -0.05) is 54.6 Å². The van der Waals surface area contributed by atoms with Crippen molar-refractivity contribution >= 4 is 16.5 Å². The lowest BCUT2D eigenvalue weighted by Crippen LogP contribution is -2.46. The zero-order valence-corrected chi connectivity index (χ0v) is 14.3. The van der Waals surface area contributed by atoms with Gasteiger partial charge in [-0.25, -0.2) is 0 Å². The summed E-state index contributed by atoms with van der Waals surface area (Å²) >= 11 is 0. The molecule has 3 aromatic carbocycles.